The number of ether oxygens (including phenoxy) is 2. The fourth-order valence-electron chi connectivity index (χ4n) is 0.939. The second-order valence-corrected chi connectivity index (χ2v) is 2.30. The molecule has 0 spiro atoms. The van der Waals surface area contributed by atoms with Crippen LogP contribution in [-0.2, 0) is 9.47 Å². The highest BCUT2D eigenvalue weighted by atomic mass is 16.7. The Balaban J connectivity index is 2.08. The second kappa shape index (κ2) is 3.85. The largest absolute Gasteiger partial charge is 0.355 e. The van der Waals surface area contributed by atoms with Crippen LogP contribution in [0.3, 0.4) is 0 Å². The highest BCUT2D eigenvalue weighted by Gasteiger charge is 2.11. The van der Waals surface area contributed by atoms with Crippen molar-refractivity contribution in [1.29, 1.82) is 0 Å². The molecule has 1 heterocycles. The van der Waals surface area contributed by atoms with Crippen LogP contribution in [0, 0.1) is 12.8 Å². The van der Waals surface area contributed by atoms with Gasteiger partial charge in [0.05, 0.1) is 13.2 Å². The molecule has 0 saturated carbocycles. The summed E-state index contributed by atoms with van der Waals surface area (Å²) in [6.45, 7) is 7.44. The van der Waals surface area contributed by atoms with Crippen molar-refractivity contribution in [2.45, 2.75) is 12.8 Å². The van der Waals surface area contributed by atoms with E-state index in [1.807, 2.05) is 0 Å². The van der Waals surface area contributed by atoms with Crippen molar-refractivity contribution in [3.8, 4) is 0 Å². The van der Waals surface area contributed by atoms with Gasteiger partial charge in [0.25, 0.3) is 0 Å². The Hall–Kier alpha value is -0.0800. The summed E-state index contributed by atoms with van der Waals surface area (Å²) in [6, 6.07) is 0. The lowest BCUT2D eigenvalue weighted by Crippen LogP contribution is -2.23. The molecule has 1 aliphatic rings. The van der Waals surface area contributed by atoms with Crippen molar-refractivity contribution in [3.63, 3.8) is 0 Å². The number of hydrogen-bond acceptors (Lipinski definition) is 2. The van der Waals surface area contributed by atoms with Gasteiger partial charge in [0.2, 0.25) is 0 Å². The minimum atomic E-state index is 0.459. The molecule has 0 N–H and O–H groups in total. The third kappa shape index (κ3) is 2.33. The molecule has 52 valence electrons. The van der Waals surface area contributed by atoms with Crippen molar-refractivity contribution in [3.05, 3.63) is 6.92 Å². The Labute approximate surface area is 56.2 Å². The van der Waals surface area contributed by atoms with Gasteiger partial charge in [-0.2, -0.15) is 0 Å². The summed E-state index contributed by atoms with van der Waals surface area (Å²) in [5.41, 5.74) is 0. The predicted molar refractivity (Wildman–Crippen MR) is 33.8 cm³/mol. The summed E-state index contributed by atoms with van der Waals surface area (Å²) in [5.74, 6) is 0.531. The van der Waals surface area contributed by atoms with E-state index in [0.717, 1.165) is 26.1 Å². The molecule has 1 rings (SSSR count). The SMILES string of the molecule is [CH]CCC1COCOC1. The Morgan fingerprint density at radius 3 is 2.56 bits per heavy atom. The standard InChI is InChI=1S/C7H12O2/c1-2-3-7-4-8-6-9-5-7/h1,7H,2-6H2. The van der Waals surface area contributed by atoms with Crippen molar-refractivity contribution in [2.75, 3.05) is 20.0 Å². The van der Waals surface area contributed by atoms with E-state index in [9.17, 15) is 0 Å². The zero-order chi connectivity index (χ0) is 6.53. The molecule has 0 atom stereocenters. The molecule has 1 aliphatic heterocycles. The first kappa shape index (κ1) is 7.03. The zero-order valence-corrected chi connectivity index (χ0v) is 5.51. The van der Waals surface area contributed by atoms with Gasteiger partial charge < -0.3 is 9.47 Å². The van der Waals surface area contributed by atoms with Crippen LogP contribution >= 0.6 is 0 Å². The highest BCUT2D eigenvalue weighted by Crippen LogP contribution is 2.10. The third-order valence-electron chi connectivity index (χ3n) is 1.45. The van der Waals surface area contributed by atoms with Gasteiger partial charge in [-0.1, -0.05) is 0 Å². The average Bonchev–Trinajstić information content (AvgIpc) is 1.91. The predicted octanol–water partition coefficient (Wildman–Crippen LogP) is 1.10. The van der Waals surface area contributed by atoms with E-state index in [1.165, 1.54) is 0 Å². The van der Waals surface area contributed by atoms with E-state index in [0.29, 0.717) is 12.7 Å². The van der Waals surface area contributed by atoms with Gasteiger partial charge in [0.15, 0.2) is 0 Å². The third-order valence-corrected chi connectivity index (χ3v) is 1.45. The maximum absolute atomic E-state index is 5.35. The Bertz CT molecular complexity index is 64.6. The molecule has 0 aliphatic carbocycles. The summed E-state index contributed by atoms with van der Waals surface area (Å²) in [4.78, 5) is 0. The molecule has 0 aromatic carbocycles. The number of rotatable bonds is 2. The van der Waals surface area contributed by atoms with Crippen LogP contribution in [0.1, 0.15) is 12.8 Å². The average molecular weight is 128 g/mol. The molecular formula is C7H12O2. The Kier molecular flexibility index (Phi) is 3.01. The molecular weight excluding hydrogens is 116 g/mol. The molecule has 0 aromatic rings. The van der Waals surface area contributed by atoms with E-state index >= 15 is 0 Å². The van der Waals surface area contributed by atoms with Gasteiger partial charge in [-0.3, -0.25) is 0 Å². The van der Waals surface area contributed by atoms with Gasteiger partial charge >= 0.3 is 0 Å². The Morgan fingerprint density at radius 2 is 2.00 bits per heavy atom. The van der Waals surface area contributed by atoms with Crippen LogP contribution in [0.2, 0.25) is 0 Å². The smallest absolute Gasteiger partial charge is 0.146 e. The maximum atomic E-state index is 5.35. The first-order valence-corrected chi connectivity index (χ1v) is 3.29. The zero-order valence-electron chi connectivity index (χ0n) is 5.51. The minimum Gasteiger partial charge on any atom is -0.355 e. The fourth-order valence-corrected chi connectivity index (χ4v) is 0.939. The van der Waals surface area contributed by atoms with Crippen LogP contribution in [0.15, 0.2) is 0 Å². The summed E-state index contributed by atoms with van der Waals surface area (Å²) >= 11 is 0. The molecule has 0 bridgehead atoms. The van der Waals surface area contributed by atoms with Crippen molar-refractivity contribution in [2.24, 2.45) is 5.92 Å². The minimum absolute atomic E-state index is 0.459. The van der Waals surface area contributed by atoms with Crippen LogP contribution < -0.4 is 0 Å². The van der Waals surface area contributed by atoms with Crippen molar-refractivity contribution in [1.82, 2.24) is 0 Å². The summed E-state index contributed by atoms with van der Waals surface area (Å²) in [5, 5.41) is 0. The molecule has 9 heavy (non-hydrogen) atoms. The van der Waals surface area contributed by atoms with E-state index in [-0.39, 0.29) is 0 Å². The summed E-state index contributed by atoms with van der Waals surface area (Å²) in [6.07, 6.45) is 1.75. The summed E-state index contributed by atoms with van der Waals surface area (Å²) < 4.78 is 10.1. The van der Waals surface area contributed by atoms with E-state index < -0.39 is 0 Å². The van der Waals surface area contributed by atoms with E-state index in [2.05, 4.69) is 0 Å². The number of hydrogen-bond donors (Lipinski definition) is 0. The molecule has 0 aromatic heterocycles. The topological polar surface area (TPSA) is 18.5 Å². The lowest BCUT2D eigenvalue weighted by Gasteiger charge is -2.21. The lowest BCUT2D eigenvalue weighted by molar-refractivity contribution is -0.126. The quantitative estimate of drug-likeness (QED) is 0.554. The maximum Gasteiger partial charge on any atom is 0.146 e. The van der Waals surface area contributed by atoms with Crippen LogP contribution in [0.4, 0.5) is 0 Å². The van der Waals surface area contributed by atoms with Gasteiger partial charge in [0, 0.05) is 5.92 Å². The van der Waals surface area contributed by atoms with E-state index in [1.54, 1.807) is 0 Å². The van der Waals surface area contributed by atoms with Gasteiger partial charge in [-0.15, -0.1) is 0 Å². The second-order valence-electron chi connectivity index (χ2n) is 2.30. The van der Waals surface area contributed by atoms with Crippen LogP contribution in [0.5, 0.6) is 0 Å². The van der Waals surface area contributed by atoms with Gasteiger partial charge in [0.1, 0.15) is 6.79 Å². The van der Waals surface area contributed by atoms with Crippen molar-refractivity contribution >= 4 is 0 Å². The Morgan fingerprint density at radius 1 is 1.33 bits per heavy atom. The molecule has 0 unspecified atom stereocenters. The molecule has 1 fully saturated rings. The monoisotopic (exact) mass is 128 g/mol. The van der Waals surface area contributed by atoms with Gasteiger partial charge in [-0.05, 0) is 19.8 Å². The first-order valence-electron chi connectivity index (χ1n) is 3.29. The van der Waals surface area contributed by atoms with Crippen LogP contribution in [0.25, 0.3) is 0 Å². The molecule has 2 heteroatoms. The lowest BCUT2D eigenvalue weighted by atomic mass is 10.1. The highest BCUT2D eigenvalue weighted by molar-refractivity contribution is 4.59. The van der Waals surface area contributed by atoms with Crippen molar-refractivity contribution < 1.29 is 9.47 Å². The fraction of sp³-hybridized carbons (Fsp3) is 0.857. The van der Waals surface area contributed by atoms with Crippen LogP contribution in [-0.4, -0.2) is 20.0 Å². The molecule has 2 nitrogen and oxygen atoms in total. The summed E-state index contributed by atoms with van der Waals surface area (Å²) in [7, 11) is 0. The molecule has 2 radical (unpaired) electrons. The van der Waals surface area contributed by atoms with Gasteiger partial charge in [-0.25, -0.2) is 0 Å². The first-order chi connectivity index (χ1) is 4.43. The molecule has 0 amide bonds. The van der Waals surface area contributed by atoms with E-state index in [4.69, 9.17) is 16.4 Å². The normalized spacial score (nSPS) is 22.3. The molecule has 1 saturated heterocycles.